The fourth-order valence-electron chi connectivity index (χ4n) is 1.26. The maximum atomic E-state index is 9.81. The van der Waals surface area contributed by atoms with E-state index in [0.717, 1.165) is 9.21 Å². The standard InChI is InChI=1S/C10H8Cl2O2S/c11-9-3-2-8(14-9)7(13)5-6-1-4-10(12)15-6/h1-4,7,13H,5H2. The third kappa shape index (κ3) is 2.75. The molecule has 0 radical (unpaired) electrons. The third-order valence-electron chi connectivity index (χ3n) is 1.95. The van der Waals surface area contributed by atoms with Gasteiger partial charge in [0.05, 0.1) is 4.34 Å². The highest BCUT2D eigenvalue weighted by Crippen LogP contribution is 2.28. The Kier molecular flexibility index (Phi) is 3.36. The first-order valence-electron chi connectivity index (χ1n) is 4.32. The van der Waals surface area contributed by atoms with Gasteiger partial charge in [0.1, 0.15) is 11.9 Å². The van der Waals surface area contributed by atoms with Crippen LogP contribution < -0.4 is 0 Å². The smallest absolute Gasteiger partial charge is 0.193 e. The van der Waals surface area contributed by atoms with E-state index in [1.54, 1.807) is 12.1 Å². The summed E-state index contributed by atoms with van der Waals surface area (Å²) in [6, 6.07) is 6.98. The molecule has 2 heterocycles. The topological polar surface area (TPSA) is 33.4 Å². The van der Waals surface area contributed by atoms with E-state index in [9.17, 15) is 5.11 Å². The summed E-state index contributed by atoms with van der Waals surface area (Å²) in [4.78, 5) is 1.01. The molecule has 80 valence electrons. The van der Waals surface area contributed by atoms with E-state index < -0.39 is 6.10 Å². The lowest BCUT2D eigenvalue weighted by atomic mass is 10.2. The molecule has 0 spiro atoms. The van der Waals surface area contributed by atoms with Crippen molar-refractivity contribution in [1.82, 2.24) is 0 Å². The molecule has 0 amide bonds. The number of hydrogen-bond acceptors (Lipinski definition) is 3. The lowest BCUT2D eigenvalue weighted by Crippen LogP contribution is -1.98. The molecule has 0 aliphatic heterocycles. The third-order valence-corrected chi connectivity index (χ3v) is 3.40. The van der Waals surface area contributed by atoms with Gasteiger partial charge in [-0.1, -0.05) is 11.6 Å². The molecule has 0 aliphatic carbocycles. The second kappa shape index (κ2) is 4.58. The quantitative estimate of drug-likeness (QED) is 0.910. The Morgan fingerprint density at radius 2 is 2.07 bits per heavy atom. The minimum atomic E-state index is -0.674. The van der Waals surface area contributed by atoms with Crippen molar-refractivity contribution in [3.05, 3.63) is 44.5 Å². The average Bonchev–Trinajstić information content (AvgIpc) is 2.75. The van der Waals surface area contributed by atoms with Crippen LogP contribution in [0.3, 0.4) is 0 Å². The fraction of sp³-hybridized carbons (Fsp3) is 0.200. The van der Waals surface area contributed by atoms with E-state index in [1.165, 1.54) is 11.3 Å². The van der Waals surface area contributed by atoms with E-state index in [1.807, 2.05) is 12.1 Å². The van der Waals surface area contributed by atoms with Gasteiger partial charge in [-0.2, -0.15) is 0 Å². The normalized spacial score (nSPS) is 13.0. The number of hydrogen-bond donors (Lipinski definition) is 1. The highest BCUT2D eigenvalue weighted by Gasteiger charge is 2.13. The summed E-state index contributed by atoms with van der Waals surface area (Å²) in [5.74, 6) is 0.476. The number of rotatable bonds is 3. The molecular weight excluding hydrogens is 255 g/mol. The minimum absolute atomic E-state index is 0.285. The van der Waals surface area contributed by atoms with Gasteiger partial charge in [-0.15, -0.1) is 11.3 Å². The van der Waals surface area contributed by atoms with Crippen molar-refractivity contribution < 1.29 is 9.52 Å². The lowest BCUT2D eigenvalue weighted by Gasteiger charge is -2.04. The Bertz CT molecular complexity index is 450. The van der Waals surface area contributed by atoms with Crippen LogP contribution in [0.2, 0.25) is 9.56 Å². The molecule has 0 fully saturated rings. The maximum Gasteiger partial charge on any atom is 0.193 e. The van der Waals surface area contributed by atoms with E-state index in [4.69, 9.17) is 27.6 Å². The molecule has 15 heavy (non-hydrogen) atoms. The zero-order valence-electron chi connectivity index (χ0n) is 7.61. The second-order valence-electron chi connectivity index (χ2n) is 3.07. The minimum Gasteiger partial charge on any atom is -0.447 e. The molecule has 0 bridgehead atoms. The van der Waals surface area contributed by atoms with Gasteiger partial charge in [0.25, 0.3) is 0 Å². The SMILES string of the molecule is OC(Cc1ccc(Cl)s1)c1ccc(Cl)o1. The Morgan fingerprint density at radius 3 is 2.60 bits per heavy atom. The van der Waals surface area contributed by atoms with Crippen LogP contribution in [-0.4, -0.2) is 5.11 Å². The summed E-state index contributed by atoms with van der Waals surface area (Å²) >= 11 is 12.8. The maximum absolute atomic E-state index is 9.81. The first-order chi connectivity index (χ1) is 7.15. The monoisotopic (exact) mass is 262 g/mol. The number of furan rings is 1. The average molecular weight is 263 g/mol. The van der Waals surface area contributed by atoms with Crippen molar-refractivity contribution in [3.8, 4) is 0 Å². The molecule has 2 nitrogen and oxygen atoms in total. The fourth-order valence-corrected chi connectivity index (χ4v) is 2.54. The Balaban J connectivity index is 2.06. The molecule has 0 saturated carbocycles. The molecule has 2 aromatic rings. The van der Waals surface area contributed by atoms with E-state index in [0.29, 0.717) is 12.2 Å². The molecule has 1 atom stereocenters. The van der Waals surface area contributed by atoms with Gasteiger partial charge < -0.3 is 9.52 Å². The van der Waals surface area contributed by atoms with Crippen LogP contribution in [0.4, 0.5) is 0 Å². The van der Waals surface area contributed by atoms with Crippen molar-refractivity contribution >= 4 is 34.5 Å². The second-order valence-corrected chi connectivity index (χ2v) is 5.24. The number of thiophene rings is 1. The summed E-state index contributed by atoms with van der Waals surface area (Å²) in [5, 5.41) is 10.1. The molecule has 1 N–H and O–H groups in total. The van der Waals surface area contributed by atoms with Crippen LogP contribution in [0.15, 0.2) is 28.7 Å². The van der Waals surface area contributed by atoms with Gasteiger partial charge in [0.15, 0.2) is 5.22 Å². The highest BCUT2D eigenvalue weighted by atomic mass is 35.5. The summed E-state index contributed by atoms with van der Waals surface area (Å²) in [5.41, 5.74) is 0. The zero-order chi connectivity index (χ0) is 10.8. The van der Waals surface area contributed by atoms with Gasteiger partial charge in [-0.05, 0) is 35.9 Å². The Hall–Kier alpha value is -0.480. The van der Waals surface area contributed by atoms with Gasteiger partial charge >= 0.3 is 0 Å². The van der Waals surface area contributed by atoms with Crippen LogP contribution in [0, 0.1) is 0 Å². The van der Waals surface area contributed by atoms with Crippen LogP contribution in [-0.2, 0) is 6.42 Å². The van der Waals surface area contributed by atoms with Gasteiger partial charge in [-0.25, -0.2) is 0 Å². The summed E-state index contributed by atoms with van der Waals surface area (Å²) in [7, 11) is 0. The van der Waals surface area contributed by atoms with Crippen molar-refractivity contribution in [1.29, 1.82) is 0 Å². The Labute approximate surface area is 101 Å². The van der Waals surface area contributed by atoms with Crippen LogP contribution >= 0.6 is 34.5 Å². The first kappa shape index (κ1) is 11.0. The van der Waals surface area contributed by atoms with Gasteiger partial charge in [-0.3, -0.25) is 0 Å². The van der Waals surface area contributed by atoms with E-state index in [2.05, 4.69) is 0 Å². The predicted octanol–water partition coefficient (Wildman–Crippen LogP) is 3.92. The highest BCUT2D eigenvalue weighted by molar-refractivity contribution is 7.16. The van der Waals surface area contributed by atoms with E-state index in [-0.39, 0.29) is 5.22 Å². The van der Waals surface area contributed by atoms with Crippen LogP contribution in [0.5, 0.6) is 0 Å². The molecule has 5 heteroatoms. The largest absolute Gasteiger partial charge is 0.447 e. The van der Waals surface area contributed by atoms with Crippen LogP contribution in [0.1, 0.15) is 16.7 Å². The van der Waals surface area contributed by atoms with Crippen molar-refractivity contribution in [2.45, 2.75) is 12.5 Å². The molecule has 1 unspecified atom stereocenters. The predicted molar refractivity (Wildman–Crippen MR) is 61.7 cm³/mol. The summed E-state index contributed by atoms with van der Waals surface area (Å²) in [6.07, 6.45) is -0.187. The number of halogens is 2. The van der Waals surface area contributed by atoms with Crippen LogP contribution in [0.25, 0.3) is 0 Å². The molecule has 2 rings (SSSR count). The van der Waals surface area contributed by atoms with E-state index >= 15 is 0 Å². The molecule has 2 aromatic heterocycles. The van der Waals surface area contributed by atoms with Crippen molar-refractivity contribution in [2.75, 3.05) is 0 Å². The molecule has 0 aliphatic rings. The number of aliphatic hydroxyl groups excluding tert-OH is 1. The van der Waals surface area contributed by atoms with Crippen molar-refractivity contribution in [2.24, 2.45) is 0 Å². The number of aliphatic hydroxyl groups is 1. The zero-order valence-corrected chi connectivity index (χ0v) is 9.94. The van der Waals surface area contributed by atoms with Crippen molar-refractivity contribution in [3.63, 3.8) is 0 Å². The van der Waals surface area contributed by atoms with Gasteiger partial charge in [0.2, 0.25) is 0 Å². The first-order valence-corrected chi connectivity index (χ1v) is 5.90. The molecule has 0 aromatic carbocycles. The summed E-state index contributed by atoms with van der Waals surface area (Å²) in [6.45, 7) is 0. The molecule has 0 saturated heterocycles. The Morgan fingerprint density at radius 1 is 1.27 bits per heavy atom. The lowest BCUT2D eigenvalue weighted by molar-refractivity contribution is 0.151. The van der Waals surface area contributed by atoms with Gasteiger partial charge in [0, 0.05) is 11.3 Å². The summed E-state index contributed by atoms with van der Waals surface area (Å²) < 4.78 is 5.83. The molecular formula is C10H8Cl2O2S.